The van der Waals surface area contributed by atoms with Crippen LogP contribution >= 0.6 is 0 Å². The van der Waals surface area contributed by atoms with Gasteiger partial charge in [0.15, 0.2) is 0 Å². The van der Waals surface area contributed by atoms with Crippen molar-refractivity contribution in [2.24, 2.45) is 0 Å². The van der Waals surface area contributed by atoms with Crippen molar-refractivity contribution in [2.45, 2.75) is 13.0 Å². The first-order valence-corrected chi connectivity index (χ1v) is 8.16. The highest BCUT2D eigenvalue weighted by Crippen LogP contribution is 2.18. The molecule has 7 nitrogen and oxygen atoms in total. The number of aromatic nitrogens is 3. The van der Waals surface area contributed by atoms with E-state index in [-0.39, 0.29) is 29.4 Å². The number of rotatable bonds is 7. The van der Waals surface area contributed by atoms with E-state index < -0.39 is 31.2 Å². The molecule has 3 rings (SSSR count). The van der Waals surface area contributed by atoms with Crippen molar-refractivity contribution in [1.82, 2.24) is 20.3 Å². The van der Waals surface area contributed by atoms with E-state index in [4.69, 9.17) is 11.6 Å². The normalized spacial score (nSPS) is 15.3. The fraction of sp³-hybridized carbons (Fsp3) is 0.200. The molecule has 0 unspecified atom stereocenters. The second-order valence-electron chi connectivity index (χ2n) is 5.63. The van der Waals surface area contributed by atoms with E-state index >= 15 is 0 Å². The molecule has 1 aromatic carbocycles. The molecule has 0 aliphatic carbocycles. The van der Waals surface area contributed by atoms with Crippen LogP contribution in [0.2, 0.25) is 0 Å². The Balaban J connectivity index is 1.68. The summed E-state index contributed by atoms with van der Waals surface area (Å²) in [4.78, 5) is 24.4. The molecule has 3 aromatic rings. The van der Waals surface area contributed by atoms with Crippen LogP contribution in [0.3, 0.4) is 0 Å². The lowest BCUT2D eigenvalue weighted by atomic mass is 10.1. The SMILES string of the molecule is [2H]C([2H])([2H])C([2H])([2H])Oc1ccc(-c2cncc(C(=O)NC[C@@H](O)c3ccccc3F)n2)cn1. The summed E-state index contributed by atoms with van der Waals surface area (Å²) in [6, 6.07) is 8.39. The maximum Gasteiger partial charge on any atom is 0.271 e. The number of amides is 1. The number of nitrogens with one attached hydrogen (secondary N) is 1. The number of aliphatic hydroxyl groups excluding tert-OH is 1. The molecule has 0 saturated heterocycles. The summed E-state index contributed by atoms with van der Waals surface area (Å²) in [5.74, 6) is -1.48. The highest BCUT2D eigenvalue weighted by molar-refractivity contribution is 5.92. The summed E-state index contributed by atoms with van der Waals surface area (Å²) in [5, 5.41) is 12.6. The van der Waals surface area contributed by atoms with Crippen LogP contribution in [0, 0.1) is 5.82 Å². The summed E-state index contributed by atoms with van der Waals surface area (Å²) in [6.07, 6.45) is 2.59. The first kappa shape index (κ1) is 13.7. The average molecular weight is 387 g/mol. The molecule has 0 spiro atoms. The fourth-order valence-electron chi connectivity index (χ4n) is 2.39. The second kappa shape index (κ2) is 9.01. The van der Waals surface area contributed by atoms with Gasteiger partial charge in [0, 0.05) is 34.0 Å². The number of hydrogen-bond acceptors (Lipinski definition) is 6. The lowest BCUT2D eigenvalue weighted by Gasteiger charge is -2.13. The number of hydrogen-bond donors (Lipinski definition) is 2. The molecule has 0 aliphatic rings. The number of nitrogens with zero attached hydrogens (tertiary/aromatic N) is 3. The van der Waals surface area contributed by atoms with Crippen molar-refractivity contribution in [1.29, 1.82) is 0 Å². The third kappa shape index (κ3) is 4.66. The van der Waals surface area contributed by atoms with Gasteiger partial charge in [0.25, 0.3) is 5.91 Å². The summed E-state index contributed by atoms with van der Waals surface area (Å²) in [5.41, 5.74) is 0.654. The van der Waals surface area contributed by atoms with E-state index in [1.807, 2.05) is 0 Å². The lowest BCUT2D eigenvalue weighted by molar-refractivity contribution is 0.0909. The van der Waals surface area contributed by atoms with E-state index in [0.29, 0.717) is 5.56 Å². The standard InChI is InChI=1S/C20H19FN4O3/c1-2-28-19-8-7-13(9-23-19)16-10-22-11-17(25-16)20(27)24-12-18(26)14-5-3-4-6-15(14)21/h3-11,18,26H,2,12H2,1H3,(H,24,27)/t18-/m1/s1/i1D3,2D2. The number of carbonyl (C=O) groups is 1. The van der Waals surface area contributed by atoms with Gasteiger partial charge >= 0.3 is 0 Å². The quantitative estimate of drug-likeness (QED) is 0.647. The zero-order chi connectivity index (χ0) is 24.2. The van der Waals surface area contributed by atoms with Crippen molar-refractivity contribution in [3.63, 3.8) is 0 Å². The van der Waals surface area contributed by atoms with Crippen LogP contribution in [0.1, 0.15) is 35.9 Å². The lowest BCUT2D eigenvalue weighted by Crippen LogP contribution is -2.29. The number of halogens is 1. The number of benzene rings is 1. The number of aliphatic hydroxyl groups is 1. The topological polar surface area (TPSA) is 97.2 Å². The van der Waals surface area contributed by atoms with Crippen LogP contribution < -0.4 is 10.1 Å². The van der Waals surface area contributed by atoms with Crippen molar-refractivity contribution < 1.29 is 25.9 Å². The number of ether oxygens (including phenoxy) is 1. The maximum atomic E-state index is 13.7. The van der Waals surface area contributed by atoms with Crippen molar-refractivity contribution in [2.75, 3.05) is 13.1 Å². The van der Waals surface area contributed by atoms with E-state index in [1.54, 1.807) is 6.07 Å². The van der Waals surface area contributed by atoms with Gasteiger partial charge in [0.2, 0.25) is 5.88 Å². The minimum absolute atomic E-state index is 0.0499. The molecule has 28 heavy (non-hydrogen) atoms. The van der Waals surface area contributed by atoms with Gasteiger partial charge in [0.1, 0.15) is 11.5 Å². The first-order valence-electron chi connectivity index (χ1n) is 10.7. The predicted octanol–water partition coefficient (Wildman–Crippen LogP) is 2.54. The monoisotopic (exact) mass is 387 g/mol. The maximum absolute atomic E-state index is 13.7. The molecule has 0 bridgehead atoms. The molecule has 2 N–H and O–H groups in total. The molecular formula is C20H19FN4O3. The Morgan fingerprint density at radius 1 is 1.32 bits per heavy atom. The zero-order valence-electron chi connectivity index (χ0n) is 19.5. The van der Waals surface area contributed by atoms with Crippen LogP contribution in [0.15, 0.2) is 55.0 Å². The molecule has 1 amide bonds. The molecule has 0 radical (unpaired) electrons. The highest BCUT2D eigenvalue weighted by atomic mass is 19.1. The Morgan fingerprint density at radius 2 is 2.18 bits per heavy atom. The summed E-state index contributed by atoms with van der Waals surface area (Å²) in [6.45, 7) is -6.17. The molecule has 0 aliphatic heterocycles. The number of carbonyl (C=O) groups excluding carboxylic acids is 1. The Hall–Kier alpha value is -3.39. The summed E-state index contributed by atoms with van der Waals surface area (Å²) < 4.78 is 55.0. The molecule has 2 aromatic heterocycles. The van der Waals surface area contributed by atoms with Crippen LogP contribution in [0.4, 0.5) is 4.39 Å². The molecule has 0 fully saturated rings. The van der Waals surface area contributed by atoms with E-state index in [0.717, 1.165) is 0 Å². The van der Waals surface area contributed by atoms with Gasteiger partial charge in [0.05, 0.1) is 33.5 Å². The van der Waals surface area contributed by atoms with Gasteiger partial charge in [-0.15, -0.1) is 0 Å². The van der Waals surface area contributed by atoms with Gasteiger partial charge in [-0.2, -0.15) is 0 Å². The Kier molecular flexibility index (Phi) is 4.42. The van der Waals surface area contributed by atoms with Crippen LogP contribution in [0.25, 0.3) is 11.3 Å². The van der Waals surface area contributed by atoms with Crippen molar-refractivity contribution >= 4 is 5.91 Å². The Labute approximate surface area is 168 Å². The molecule has 0 saturated carbocycles. The van der Waals surface area contributed by atoms with Crippen LogP contribution in [-0.4, -0.2) is 39.1 Å². The minimum atomic E-state index is -3.00. The number of pyridine rings is 1. The third-order valence-corrected chi connectivity index (χ3v) is 3.78. The smallest absolute Gasteiger partial charge is 0.271 e. The molecule has 2 heterocycles. The van der Waals surface area contributed by atoms with E-state index in [9.17, 15) is 14.3 Å². The summed E-state index contributed by atoms with van der Waals surface area (Å²) >= 11 is 0. The third-order valence-electron chi connectivity index (χ3n) is 3.78. The second-order valence-corrected chi connectivity index (χ2v) is 5.63. The van der Waals surface area contributed by atoms with Gasteiger partial charge in [-0.25, -0.2) is 14.4 Å². The van der Waals surface area contributed by atoms with Gasteiger partial charge in [-0.1, -0.05) is 18.2 Å². The average Bonchev–Trinajstić information content (AvgIpc) is 2.77. The van der Waals surface area contributed by atoms with E-state index in [1.165, 1.54) is 48.9 Å². The first-order chi connectivity index (χ1) is 15.5. The van der Waals surface area contributed by atoms with Gasteiger partial charge in [-0.3, -0.25) is 9.78 Å². The van der Waals surface area contributed by atoms with E-state index in [2.05, 4.69) is 20.3 Å². The van der Waals surface area contributed by atoms with Crippen molar-refractivity contribution in [3.05, 3.63) is 72.1 Å². The van der Waals surface area contributed by atoms with Crippen LogP contribution in [0.5, 0.6) is 5.88 Å². The largest absolute Gasteiger partial charge is 0.478 e. The van der Waals surface area contributed by atoms with Crippen LogP contribution in [-0.2, 0) is 0 Å². The fourth-order valence-corrected chi connectivity index (χ4v) is 2.39. The summed E-state index contributed by atoms with van der Waals surface area (Å²) in [7, 11) is 0. The predicted molar refractivity (Wildman–Crippen MR) is 100 cm³/mol. The Bertz CT molecular complexity index is 1130. The van der Waals surface area contributed by atoms with Gasteiger partial charge in [-0.05, 0) is 19.0 Å². The molecule has 8 heteroatoms. The molecule has 144 valence electrons. The minimum Gasteiger partial charge on any atom is -0.478 e. The molecular weight excluding hydrogens is 363 g/mol. The highest BCUT2D eigenvalue weighted by Gasteiger charge is 2.15. The molecule has 1 atom stereocenters. The van der Waals surface area contributed by atoms with Crippen molar-refractivity contribution in [3.8, 4) is 17.1 Å². The van der Waals surface area contributed by atoms with Gasteiger partial charge < -0.3 is 15.2 Å². The Morgan fingerprint density at radius 3 is 2.93 bits per heavy atom. The zero-order valence-corrected chi connectivity index (χ0v) is 14.5.